The van der Waals surface area contributed by atoms with E-state index in [-0.39, 0.29) is 0 Å². The van der Waals surface area contributed by atoms with Crippen molar-refractivity contribution in [1.82, 2.24) is 34.1 Å². The maximum atomic E-state index is 5.18. The van der Waals surface area contributed by atoms with Gasteiger partial charge in [0.05, 0.1) is 11.0 Å². The molecule has 0 bridgehead atoms. The Bertz CT molecular complexity index is 2550. The summed E-state index contributed by atoms with van der Waals surface area (Å²) in [6.07, 6.45) is 3.59. The highest BCUT2D eigenvalue weighted by Crippen LogP contribution is 2.37. The van der Waals surface area contributed by atoms with Gasteiger partial charge in [0.2, 0.25) is 11.9 Å². The molecule has 210 valence electrons. The summed E-state index contributed by atoms with van der Waals surface area (Å²) < 4.78 is 6.57. The fraction of sp³-hybridized carbons (Fsp3) is 0. The molecule has 6 heterocycles. The molecule has 0 N–H and O–H groups in total. The van der Waals surface area contributed by atoms with Crippen LogP contribution in [0.5, 0.6) is 0 Å². The van der Waals surface area contributed by atoms with Gasteiger partial charge in [0, 0.05) is 59.7 Å². The Hall–Kier alpha value is -5.99. The normalized spacial score (nSPS) is 12.0. The van der Waals surface area contributed by atoms with Crippen LogP contribution in [0.25, 0.3) is 87.3 Å². The van der Waals surface area contributed by atoms with Crippen molar-refractivity contribution in [3.63, 3.8) is 0 Å². The fourth-order valence-corrected chi connectivity index (χ4v) is 7.63. The smallest absolute Gasteiger partial charge is 0.242 e. The molecule has 7 nitrogen and oxygen atoms in total. The molecule has 0 spiro atoms. The summed E-state index contributed by atoms with van der Waals surface area (Å²) in [7, 11) is 0. The Balaban J connectivity index is 1.32. The van der Waals surface area contributed by atoms with Crippen molar-refractivity contribution in [1.29, 1.82) is 0 Å². The molecule has 10 aromatic rings. The first-order chi connectivity index (χ1) is 22.3. The second-order valence-electron chi connectivity index (χ2n) is 11.0. The van der Waals surface area contributed by atoms with Crippen molar-refractivity contribution in [3.8, 4) is 23.3 Å². The Morgan fingerprint density at radius 3 is 1.69 bits per heavy atom. The predicted molar refractivity (Wildman–Crippen MR) is 182 cm³/mol. The van der Waals surface area contributed by atoms with Gasteiger partial charge in [-0.1, -0.05) is 54.6 Å². The van der Waals surface area contributed by atoms with Crippen molar-refractivity contribution in [3.05, 3.63) is 128 Å². The standard InChI is InChI=1S/C37H21N7S/c1-4-14-29-23(9-1)24-10-2-5-15-30(24)43(29)36-40-33(22-17-18-32-28(21-22)25-11-3-6-16-31(25)45-32)41-37(42-36)44-34-26(12-7-19-38-34)27-13-8-20-39-35(27)44/h1-21H. The number of benzene rings is 4. The number of nitrogens with zero attached hydrogens (tertiary/aromatic N) is 7. The molecule has 0 fully saturated rings. The molecule has 10 rings (SSSR count). The fourth-order valence-electron chi connectivity index (χ4n) is 6.55. The summed E-state index contributed by atoms with van der Waals surface area (Å²) in [5.74, 6) is 1.57. The van der Waals surface area contributed by atoms with E-state index >= 15 is 0 Å². The van der Waals surface area contributed by atoms with Gasteiger partial charge in [0.15, 0.2) is 5.82 Å². The van der Waals surface area contributed by atoms with Crippen LogP contribution in [0.1, 0.15) is 0 Å². The summed E-state index contributed by atoms with van der Waals surface area (Å²) >= 11 is 1.80. The van der Waals surface area contributed by atoms with E-state index in [4.69, 9.17) is 24.9 Å². The third-order valence-corrected chi connectivity index (χ3v) is 9.67. The maximum Gasteiger partial charge on any atom is 0.242 e. The zero-order valence-corrected chi connectivity index (χ0v) is 24.5. The van der Waals surface area contributed by atoms with E-state index in [0.29, 0.717) is 17.7 Å². The first-order valence-corrected chi connectivity index (χ1v) is 15.5. The van der Waals surface area contributed by atoms with E-state index < -0.39 is 0 Å². The van der Waals surface area contributed by atoms with Crippen molar-refractivity contribution < 1.29 is 0 Å². The van der Waals surface area contributed by atoms with Crippen molar-refractivity contribution in [2.75, 3.05) is 0 Å². The number of hydrogen-bond acceptors (Lipinski definition) is 6. The lowest BCUT2D eigenvalue weighted by Crippen LogP contribution is -2.10. The van der Waals surface area contributed by atoms with Crippen molar-refractivity contribution in [2.45, 2.75) is 0 Å². The lowest BCUT2D eigenvalue weighted by atomic mass is 10.1. The van der Waals surface area contributed by atoms with Crippen molar-refractivity contribution >= 4 is 75.4 Å². The molecule has 0 saturated heterocycles. The van der Waals surface area contributed by atoms with Gasteiger partial charge in [-0.3, -0.25) is 4.57 Å². The molecule has 45 heavy (non-hydrogen) atoms. The van der Waals surface area contributed by atoms with Gasteiger partial charge in [0.25, 0.3) is 0 Å². The molecule has 6 aromatic heterocycles. The minimum atomic E-state index is 0.463. The van der Waals surface area contributed by atoms with E-state index in [1.54, 1.807) is 23.7 Å². The number of fused-ring (bicyclic) bond motifs is 9. The number of thiophene rings is 1. The molecular weight excluding hydrogens is 575 g/mol. The molecule has 0 atom stereocenters. The highest BCUT2D eigenvalue weighted by Gasteiger charge is 2.21. The first kappa shape index (κ1) is 24.5. The van der Waals surface area contributed by atoms with Gasteiger partial charge in [-0.15, -0.1) is 11.3 Å². The quantitative estimate of drug-likeness (QED) is 0.204. The highest BCUT2D eigenvalue weighted by molar-refractivity contribution is 7.25. The Kier molecular flexibility index (Phi) is 5.03. The van der Waals surface area contributed by atoms with Gasteiger partial charge in [0.1, 0.15) is 11.3 Å². The predicted octanol–water partition coefficient (Wildman–Crippen LogP) is 8.89. The SMILES string of the molecule is c1ccc2c(c1)sc1ccc(-c3nc(-n4c5ccccc5c5ccccc54)nc(-n4c5ncccc5c5cccnc54)n3)cc12. The average Bonchev–Trinajstić information content (AvgIpc) is 3.75. The van der Waals surface area contributed by atoms with Crippen LogP contribution >= 0.6 is 11.3 Å². The molecule has 0 radical (unpaired) electrons. The lowest BCUT2D eigenvalue weighted by molar-refractivity contribution is 0.883. The summed E-state index contributed by atoms with van der Waals surface area (Å²) in [5, 5.41) is 6.69. The van der Waals surface area contributed by atoms with E-state index in [0.717, 1.165) is 49.4 Å². The largest absolute Gasteiger partial charge is 0.278 e. The van der Waals surface area contributed by atoms with Gasteiger partial charge in [-0.05, 0) is 60.7 Å². The summed E-state index contributed by atoms with van der Waals surface area (Å²) in [4.78, 5) is 25.0. The van der Waals surface area contributed by atoms with E-state index in [9.17, 15) is 0 Å². The zero-order chi connectivity index (χ0) is 29.5. The van der Waals surface area contributed by atoms with Gasteiger partial charge in [-0.2, -0.15) is 15.0 Å². The minimum Gasteiger partial charge on any atom is -0.278 e. The number of pyridine rings is 2. The molecule has 8 heteroatoms. The number of para-hydroxylation sites is 2. The minimum absolute atomic E-state index is 0.463. The molecule has 0 aliphatic rings. The van der Waals surface area contributed by atoms with Crippen LogP contribution in [0.2, 0.25) is 0 Å². The van der Waals surface area contributed by atoms with E-state index in [2.05, 4.69) is 108 Å². The number of rotatable bonds is 3. The van der Waals surface area contributed by atoms with Crippen molar-refractivity contribution in [2.24, 2.45) is 0 Å². The van der Waals surface area contributed by atoms with Crippen LogP contribution in [0, 0.1) is 0 Å². The van der Waals surface area contributed by atoms with Crippen LogP contribution in [0.4, 0.5) is 0 Å². The first-order valence-electron chi connectivity index (χ1n) is 14.7. The molecule has 0 aliphatic heterocycles. The maximum absolute atomic E-state index is 5.18. The summed E-state index contributed by atoms with van der Waals surface area (Å²) in [6, 6.07) is 39.8. The van der Waals surface area contributed by atoms with Crippen LogP contribution < -0.4 is 0 Å². The van der Waals surface area contributed by atoms with E-state index in [1.165, 1.54) is 20.2 Å². The molecule has 0 saturated carbocycles. The van der Waals surface area contributed by atoms with E-state index in [1.807, 2.05) is 16.7 Å². The number of hydrogen-bond donors (Lipinski definition) is 0. The van der Waals surface area contributed by atoms with Gasteiger partial charge >= 0.3 is 0 Å². The zero-order valence-electron chi connectivity index (χ0n) is 23.7. The third kappa shape index (κ3) is 3.54. The third-order valence-electron chi connectivity index (χ3n) is 8.51. The second-order valence-corrected chi connectivity index (χ2v) is 12.1. The molecular formula is C37H21N7S. The topological polar surface area (TPSA) is 74.3 Å². The molecule has 0 amide bonds. The van der Waals surface area contributed by atoms with Gasteiger partial charge < -0.3 is 0 Å². The Morgan fingerprint density at radius 2 is 1.00 bits per heavy atom. The highest BCUT2D eigenvalue weighted by atomic mass is 32.1. The summed E-state index contributed by atoms with van der Waals surface area (Å²) in [6.45, 7) is 0. The average molecular weight is 596 g/mol. The van der Waals surface area contributed by atoms with Crippen LogP contribution in [-0.2, 0) is 0 Å². The Labute approximate surface area is 259 Å². The monoisotopic (exact) mass is 595 g/mol. The molecule has 0 aliphatic carbocycles. The van der Waals surface area contributed by atoms with Crippen LogP contribution in [0.3, 0.4) is 0 Å². The number of aromatic nitrogens is 7. The van der Waals surface area contributed by atoms with Crippen LogP contribution in [0.15, 0.2) is 128 Å². The molecule has 4 aromatic carbocycles. The molecule has 0 unspecified atom stereocenters. The summed E-state index contributed by atoms with van der Waals surface area (Å²) in [5.41, 5.74) is 4.46. The van der Waals surface area contributed by atoms with Gasteiger partial charge in [-0.25, -0.2) is 14.5 Å². The van der Waals surface area contributed by atoms with Crippen LogP contribution in [-0.4, -0.2) is 34.1 Å². The second kappa shape index (κ2) is 9.25. The Morgan fingerprint density at radius 1 is 0.444 bits per heavy atom. The lowest BCUT2D eigenvalue weighted by Gasteiger charge is -2.12.